The summed E-state index contributed by atoms with van der Waals surface area (Å²) in [6.07, 6.45) is 0.520. The highest BCUT2D eigenvalue weighted by Gasteiger charge is 2.21. The maximum atomic E-state index is 10.4. The maximum absolute atomic E-state index is 10.4. The van der Waals surface area contributed by atoms with Gasteiger partial charge in [-0.2, -0.15) is 5.10 Å². The zero-order valence-corrected chi connectivity index (χ0v) is 20.7. The minimum atomic E-state index is -0.493. The molecule has 1 aliphatic rings. The lowest BCUT2D eigenvalue weighted by Gasteiger charge is -2.35. The van der Waals surface area contributed by atoms with Crippen molar-refractivity contribution in [3.8, 4) is 11.4 Å². The Balaban J connectivity index is 1.26. The number of rotatable bonds is 10. The summed E-state index contributed by atoms with van der Waals surface area (Å²) in [5.74, 6) is 1.39. The molecule has 6 nitrogen and oxygen atoms in total. The highest BCUT2D eigenvalue weighted by molar-refractivity contribution is 5.33. The molecular formula is C28H38N4O2. The normalized spacial score (nSPS) is 16.1. The largest absolute Gasteiger partial charge is 0.491 e. The number of para-hydroxylation sites is 1. The van der Waals surface area contributed by atoms with Gasteiger partial charge < -0.3 is 9.84 Å². The van der Waals surface area contributed by atoms with Crippen LogP contribution in [0, 0.1) is 12.8 Å². The third-order valence-electron chi connectivity index (χ3n) is 6.23. The lowest BCUT2D eigenvalue weighted by molar-refractivity contribution is 0.0444. The Morgan fingerprint density at radius 1 is 0.941 bits per heavy atom. The molecule has 6 heteroatoms. The third-order valence-corrected chi connectivity index (χ3v) is 6.23. The molecule has 0 bridgehead atoms. The number of aliphatic hydroxyl groups excluding tert-OH is 1. The molecule has 0 unspecified atom stereocenters. The fourth-order valence-corrected chi connectivity index (χ4v) is 4.45. The molecule has 1 atom stereocenters. The van der Waals surface area contributed by atoms with E-state index >= 15 is 0 Å². The van der Waals surface area contributed by atoms with E-state index < -0.39 is 6.10 Å². The summed E-state index contributed by atoms with van der Waals surface area (Å²) in [7, 11) is 0. The third kappa shape index (κ3) is 6.92. The van der Waals surface area contributed by atoms with Gasteiger partial charge in [-0.05, 0) is 49.6 Å². The van der Waals surface area contributed by atoms with Crippen molar-refractivity contribution in [3.63, 3.8) is 0 Å². The summed E-state index contributed by atoms with van der Waals surface area (Å²) in [5, 5.41) is 15.4. The number of benzene rings is 2. The van der Waals surface area contributed by atoms with Crippen LogP contribution in [0.2, 0.25) is 0 Å². The van der Waals surface area contributed by atoms with E-state index in [1.165, 1.54) is 11.3 Å². The number of aromatic nitrogens is 2. The molecule has 0 radical (unpaired) electrons. The van der Waals surface area contributed by atoms with Crippen molar-refractivity contribution in [1.29, 1.82) is 0 Å². The van der Waals surface area contributed by atoms with E-state index in [0.717, 1.165) is 56.3 Å². The molecule has 1 fully saturated rings. The molecule has 0 aliphatic carbocycles. The first kappa shape index (κ1) is 24.5. The van der Waals surface area contributed by atoms with Crippen molar-refractivity contribution in [2.75, 3.05) is 39.3 Å². The molecule has 34 heavy (non-hydrogen) atoms. The number of hydrogen-bond donors (Lipinski definition) is 1. The van der Waals surface area contributed by atoms with Crippen LogP contribution >= 0.6 is 0 Å². The van der Waals surface area contributed by atoms with E-state index in [2.05, 4.69) is 65.6 Å². The summed E-state index contributed by atoms with van der Waals surface area (Å²) in [6, 6.07) is 20.6. The Kier molecular flexibility index (Phi) is 8.38. The number of aliphatic hydroxyl groups is 1. The van der Waals surface area contributed by atoms with Gasteiger partial charge in [0.25, 0.3) is 0 Å². The van der Waals surface area contributed by atoms with E-state index in [0.29, 0.717) is 19.1 Å². The monoisotopic (exact) mass is 462 g/mol. The first-order chi connectivity index (χ1) is 16.5. The molecule has 182 valence electrons. The first-order valence-corrected chi connectivity index (χ1v) is 12.4. The zero-order chi connectivity index (χ0) is 23.9. The van der Waals surface area contributed by atoms with Gasteiger partial charge in [0.1, 0.15) is 18.5 Å². The van der Waals surface area contributed by atoms with Crippen molar-refractivity contribution < 1.29 is 9.84 Å². The van der Waals surface area contributed by atoms with Gasteiger partial charge in [-0.25, -0.2) is 4.68 Å². The van der Waals surface area contributed by atoms with Gasteiger partial charge in [0.15, 0.2) is 0 Å². The van der Waals surface area contributed by atoms with Crippen LogP contribution in [0.25, 0.3) is 5.69 Å². The van der Waals surface area contributed by atoms with E-state index in [4.69, 9.17) is 9.84 Å². The highest BCUT2D eigenvalue weighted by atomic mass is 16.5. The summed E-state index contributed by atoms with van der Waals surface area (Å²) in [5.41, 5.74) is 4.72. The van der Waals surface area contributed by atoms with Crippen LogP contribution in [0.5, 0.6) is 5.75 Å². The predicted octanol–water partition coefficient (Wildman–Crippen LogP) is 3.94. The van der Waals surface area contributed by atoms with Crippen LogP contribution in [-0.4, -0.2) is 70.1 Å². The number of ether oxygens (including phenoxy) is 1. The summed E-state index contributed by atoms with van der Waals surface area (Å²) < 4.78 is 7.85. The molecule has 1 aliphatic heterocycles. The standard InChI is InChI=1S/C28H38N4O2/c1-22(2)17-26-18-24(29-32(26)25-7-5-4-6-8-25)19-30-13-15-31(16-14-30)20-27(33)21-34-28-11-9-23(3)10-12-28/h4-12,18,22,27,33H,13-17,19-21H2,1-3H3/t27-/m1/s1. The van der Waals surface area contributed by atoms with Crippen molar-refractivity contribution in [2.45, 2.75) is 39.8 Å². The van der Waals surface area contributed by atoms with Crippen molar-refractivity contribution in [1.82, 2.24) is 19.6 Å². The quantitative estimate of drug-likeness (QED) is 0.495. The summed E-state index contributed by atoms with van der Waals surface area (Å²) in [4.78, 5) is 4.79. The highest BCUT2D eigenvalue weighted by Crippen LogP contribution is 2.18. The number of hydrogen-bond acceptors (Lipinski definition) is 5. The molecule has 4 rings (SSSR count). The maximum Gasteiger partial charge on any atom is 0.119 e. The molecule has 2 heterocycles. The summed E-state index contributed by atoms with van der Waals surface area (Å²) >= 11 is 0. The fraction of sp³-hybridized carbons (Fsp3) is 0.464. The Morgan fingerprint density at radius 2 is 1.62 bits per heavy atom. The molecule has 1 N–H and O–H groups in total. The minimum absolute atomic E-state index is 0.318. The molecule has 0 spiro atoms. The van der Waals surface area contributed by atoms with Gasteiger partial charge in [0, 0.05) is 45.0 Å². The van der Waals surface area contributed by atoms with Crippen LogP contribution in [0.1, 0.15) is 30.8 Å². The van der Waals surface area contributed by atoms with E-state index in [-0.39, 0.29) is 0 Å². The second kappa shape index (κ2) is 11.6. The lowest BCUT2D eigenvalue weighted by Crippen LogP contribution is -2.48. The SMILES string of the molecule is Cc1ccc(OC[C@H](O)CN2CCN(Cc3cc(CC(C)C)n(-c4ccccc4)n3)CC2)cc1. The van der Waals surface area contributed by atoms with Crippen LogP contribution < -0.4 is 4.74 Å². The van der Waals surface area contributed by atoms with Crippen molar-refractivity contribution in [3.05, 3.63) is 77.6 Å². The molecule has 1 saturated heterocycles. The number of β-amino-alcohol motifs (C(OH)–C–C–N with tert-alkyl or cyclic N) is 1. The van der Waals surface area contributed by atoms with Crippen LogP contribution in [0.4, 0.5) is 0 Å². The number of nitrogens with zero attached hydrogens (tertiary/aromatic N) is 4. The first-order valence-electron chi connectivity index (χ1n) is 12.4. The second-order valence-corrected chi connectivity index (χ2v) is 9.83. The van der Waals surface area contributed by atoms with E-state index in [1.54, 1.807) is 0 Å². The second-order valence-electron chi connectivity index (χ2n) is 9.83. The molecule has 3 aromatic rings. The molecule has 1 aromatic heterocycles. The van der Waals surface area contributed by atoms with Crippen LogP contribution in [0.3, 0.4) is 0 Å². The average molecular weight is 463 g/mol. The molecular weight excluding hydrogens is 424 g/mol. The van der Waals surface area contributed by atoms with E-state index in [1.807, 2.05) is 30.3 Å². The minimum Gasteiger partial charge on any atom is -0.491 e. The number of piperazine rings is 1. The topological polar surface area (TPSA) is 53.8 Å². The fourth-order valence-electron chi connectivity index (χ4n) is 4.45. The Bertz CT molecular complexity index is 1010. The zero-order valence-electron chi connectivity index (χ0n) is 20.7. The predicted molar refractivity (Wildman–Crippen MR) is 137 cm³/mol. The van der Waals surface area contributed by atoms with Crippen LogP contribution in [0.15, 0.2) is 60.7 Å². The van der Waals surface area contributed by atoms with Gasteiger partial charge in [0.05, 0.1) is 11.4 Å². The molecule has 2 aromatic carbocycles. The van der Waals surface area contributed by atoms with Crippen molar-refractivity contribution >= 4 is 0 Å². The van der Waals surface area contributed by atoms with Gasteiger partial charge in [-0.3, -0.25) is 9.80 Å². The van der Waals surface area contributed by atoms with Gasteiger partial charge >= 0.3 is 0 Å². The van der Waals surface area contributed by atoms with Gasteiger partial charge in [-0.1, -0.05) is 49.7 Å². The average Bonchev–Trinajstić information content (AvgIpc) is 3.22. The van der Waals surface area contributed by atoms with E-state index in [9.17, 15) is 5.11 Å². The Labute approximate surface area is 203 Å². The summed E-state index contributed by atoms with van der Waals surface area (Å²) in [6.45, 7) is 12.2. The van der Waals surface area contributed by atoms with Gasteiger partial charge in [0.2, 0.25) is 0 Å². The Hall–Kier alpha value is -2.67. The van der Waals surface area contributed by atoms with Crippen LogP contribution in [-0.2, 0) is 13.0 Å². The Morgan fingerprint density at radius 3 is 2.29 bits per heavy atom. The number of aryl methyl sites for hydroxylation is 1. The lowest BCUT2D eigenvalue weighted by atomic mass is 10.1. The van der Waals surface area contributed by atoms with Crippen molar-refractivity contribution in [2.24, 2.45) is 5.92 Å². The molecule has 0 saturated carbocycles. The van der Waals surface area contributed by atoms with Gasteiger partial charge in [-0.15, -0.1) is 0 Å². The molecule has 0 amide bonds. The smallest absolute Gasteiger partial charge is 0.119 e.